The fraction of sp³-hybridized carbons (Fsp3) is 0.242. The molecule has 11 nitrogen and oxygen atoms in total. The Morgan fingerprint density at radius 1 is 1.04 bits per heavy atom. The van der Waals surface area contributed by atoms with Crippen LogP contribution in [0.15, 0.2) is 87.8 Å². The van der Waals surface area contributed by atoms with Gasteiger partial charge in [-0.2, -0.15) is 0 Å². The number of hydrogen-bond donors (Lipinski definition) is 0. The van der Waals surface area contributed by atoms with Gasteiger partial charge in [-0.05, 0) is 56.2 Å². The lowest BCUT2D eigenvalue weighted by Crippen LogP contribution is -2.39. The monoisotopic (exact) mass is 629 g/mol. The van der Waals surface area contributed by atoms with Crippen molar-refractivity contribution in [3.05, 3.63) is 124 Å². The van der Waals surface area contributed by atoms with Crippen molar-refractivity contribution in [1.82, 2.24) is 4.57 Å². The third-order valence-electron chi connectivity index (χ3n) is 7.06. The minimum Gasteiger partial charge on any atom is -0.494 e. The number of ether oxygens (including phenoxy) is 4. The molecule has 1 aliphatic heterocycles. The van der Waals surface area contributed by atoms with E-state index in [0.29, 0.717) is 28.4 Å². The Hall–Kier alpha value is -5.23. The maximum absolute atomic E-state index is 14.0. The van der Waals surface area contributed by atoms with E-state index in [2.05, 4.69) is 4.99 Å². The predicted octanol–water partition coefficient (Wildman–Crippen LogP) is 4.69. The van der Waals surface area contributed by atoms with Gasteiger partial charge >= 0.3 is 5.97 Å². The van der Waals surface area contributed by atoms with Crippen molar-refractivity contribution in [3.8, 4) is 17.2 Å². The van der Waals surface area contributed by atoms with Crippen LogP contribution in [-0.2, 0) is 16.1 Å². The number of allylic oxidation sites excluding steroid dienone is 1. The van der Waals surface area contributed by atoms with Gasteiger partial charge in [0.15, 0.2) is 16.3 Å². The van der Waals surface area contributed by atoms with Gasteiger partial charge in [0.05, 0.1) is 58.7 Å². The first-order valence-corrected chi connectivity index (χ1v) is 15.0. The van der Waals surface area contributed by atoms with E-state index < -0.39 is 22.5 Å². The molecule has 0 amide bonds. The number of hydrogen-bond acceptors (Lipinski definition) is 10. The maximum Gasteiger partial charge on any atom is 0.338 e. The average molecular weight is 630 g/mol. The summed E-state index contributed by atoms with van der Waals surface area (Å²) in [7, 11) is 1.44. The van der Waals surface area contributed by atoms with Crippen LogP contribution in [0, 0.1) is 10.1 Å². The van der Waals surface area contributed by atoms with Crippen LogP contribution >= 0.6 is 11.3 Å². The van der Waals surface area contributed by atoms with Crippen LogP contribution in [0.1, 0.15) is 43.5 Å². The van der Waals surface area contributed by atoms with Gasteiger partial charge in [-0.25, -0.2) is 9.79 Å². The second-order valence-corrected chi connectivity index (χ2v) is 10.9. The molecule has 4 aromatic rings. The molecule has 0 fully saturated rings. The number of esters is 1. The molecule has 1 aromatic heterocycles. The Morgan fingerprint density at radius 3 is 2.42 bits per heavy atom. The number of nitro benzene ring substituents is 1. The fourth-order valence-corrected chi connectivity index (χ4v) is 6.04. The zero-order chi connectivity index (χ0) is 32.1. The number of aromatic nitrogens is 1. The van der Waals surface area contributed by atoms with Crippen molar-refractivity contribution in [2.45, 2.75) is 33.4 Å². The van der Waals surface area contributed by atoms with Gasteiger partial charge in [0, 0.05) is 0 Å². The maximum atomic E-state index is 14.0. The fourth-order valence-electron chi connectivity index (χ4n) is 5.01. The molecule has 0 unspecified atom stereocenters. The molecule has 1 atom stereocenters. The van der Waals surface area contributed by atoms with Crippen LogP contribution in [0.2, 0.25) is 0 Å². The van der Waals surface area contributed by atoms with Crippen LogP contribution in [0.5, 0.6) is 17.2 Å². The van der Waals surface area contributed by atoms with E-state index in [1.165, 1.54) is 29.9 Å². The standard InChI is InChI=1S/C33H31N3O8S/c1-5-42-24-14-12-22(13-15-24)30-29(32(38)43-6-2)20(3)34-33-35(30)31(37)28(45-33)17-23-16-26(41-4)27(18-25(23)36(39)40)44-19-21-10-8-7-9-11-21/h7-18,30H,5-6,19H2,1-4H3/b28-17-/t30-/m1/s1. The smallest absolute Gasteiger partial charge is 0.338 e. The number of fused-ring (bicyclic) bond motifs is 1. The Balaban J connectivity index is 1.63. The minimum absolute atomic E-state index is 0.145. The van der Waals surface area contributed by atoms with Gasteiger partial charge in [-0.1, -0.05) is 53.8 Å². The Labute approximate surface area is 262 Å². The van der Waals surface area contributed by atoms with E-state index >= 15 is 0 Å². The van der Waals surface area contributed by atoms with Gasteiger partial charge in [-0.15, -0.1) is 0 Å². The molecule has 2 heterocycles. The van der Waals surface area contributed by atoms with Crippen molar-refractivity contribution in [2.24, 2.45) is 4.99 Å². The molecule has 0 radical (unpaired) electrons. The van der Waals surface area contributed by atoms with E-state index in [1.807, 2.05) is 37.3 Å². The molecule has 45 heavy (non-hydrogen) atoms. The second-order valence-electron chi connectivity index (χ2n) is 9.90. The Morgan fingerprint density at radius 2 is 1.78 bits per heavy atom. The zero-order valence-corrected chi connectivity index (χ0v) is 26.0. The summed E-state index contributed by atoms with van der Waals surface area (Å²) >= 11 is 1.07. The molecule has 0 bridgehead atoms. The summed E-state index contributed by atoms with van der Waals surface area (Å²) in [5.74, 6) is 0.517. The summed E-state index contributed by atoms with van der Waals surface area (Å²) in [5, 5.41) is 12.2. The molecule has 0 saturated carbocycles. The molecule has 1 aliphatic rings. The lowest BCUT2D eigenvalue weighted by molar-refractivity contribution is -0.385. The minimum atomic E-state index is -0.837. The molecule has 232 valence electrons. The lowest BCUT2D eigenvalue weighted by Gasteiger charge is -2.24. The molecular formula is C33H31N3O8S. The molecule has 0 spiro atoms. The average Bonchev–Trinajstić information content (AvgIpc) is 3.34. The summed E-state index contributed by atoms with van der Waals surface area (Å²) in [6.45, 7) is 6.08. The molecule has 5 rings (SSSR count). The van der Waals surface area contributed by atoms with Crippen molar-refractivity contribution in [1.29, 1.82) is 0 Å². The van der Waals surface area contributed by atoms with Gasteiger partial charge < -0.3 is 18.9 Å². The van der Waals surface area contributed by atoms with Crippen molar-refractivity contribution < 1.29 is 28.7 Å². The van der Waals surface area contributed by atoms with E-state index in [9.17, 15) is 19.7 Å². The topological polar surface area (TPSA) is 131 Å². The van der Waals surface area contributed by atoms with Crippen molar-refractivity contribution >= 4 is 29.1 Å². The van der Waals surface area contributed by atoms with Gasteiger partial charge in [0.1, 0.15) is 12.4 Å². The quantitative estimate of drug-likeness (QED) is 0.133. The van der Waals surface area contributed by atoms with Crippen molar-refractivity contribution in [3.63, 3.8) is 0 Å². The predicted molar refractivity (Wildman–Crippen MR) is 168 cm³/mol. The highest BCUT2D eigenvalue weighted by molar-refractivity contribution is 7.07. The normalized spacial score (nSPS) is 14.4. The first kappa shape index (κ1) is 31.2. The molecule has 0 N–H and O–H groups in total. The van der Waals surface area contributed by atoms with Gasteiger partial charge in [0.25, 0.3) is 11.2 Å². The van der Waals surface area contributed by atoms with E-state index in [4.69, 9.17) is 18.9 Å². The van der Waals surface area contributed by atoms with E-state index in [-0.39, 0.29) is 46.1 Å². The van der Waals surface area contributed by atoms with Gasteiger partial charge in [0.2, 0.25) is 0 Å². The molecule has 3 aromatic carbocycles. The van der Waals surface area contributed by atoms with E-state index in [1.54, 1.807) is 38.1 Å². The number of nitrogens with zero attached hydrogens (tertiary/aromatic N) is 3. The highest BCUT2D eigenvalue weighted by Gasteiger charge is 2.33. The summed E-state index contributed by atoms with van der Waals surface area (Å²) in [6.07, 6.45) is 1.43. The van der Waals surface area contributed by atoms with Crippen molar-refractivity contribution in [2.75, 3.05) is 20.3 Å². The van der Waals surface area contributed by atoms with Crippen LogP contribution in [0.3, 0.4) is 0 Å². The number of nitro groups is 1. The van der Waals surface area contributed by atoms with E-state index in [0.717, 1.165) is 16.9 Å². The summed E-state index contributed by atoms with van der Waals surface area (Å²) in [6, 6.07) is 18.4. The Kier molecular flexibility index (Phi) is 9.43. The molecule has 0 aliphatic carbocycles. The summed E-state index contributed by atoms with van der Waals surface area (Å²) in [4.78, 5) is 43.7. The number of carbonyl (C=O) groups excluding carboxylic acids is 1. The third kappa shape index (κ3) is 6.50. The molecule has 12 heteroatoms. The summed E-state index contributed by atoms with van der Waals surface area (Å²) < 4.78 is 23.9. The van der Waals surface area contributed by atoms with Crippen LogP contribution in [0.25, 0.3) is 6.08 Å². The summed E-state index contributed by atoms with van der Waals surface area (Å²) in [5.41, 5.74) is 1.58. The largest absolute Gasteiger partial charge is 0.494 e. The molecule has 0 saturated heterocycles. The molecular weight excluding hydrogens is 598 g/mol. The SMILES string of the molecule is CCOC(=O)C1=C(C)N=c2s/c(=C\c3cc(OC)c(OCc4ccccc4)cc3[N+](=O)[O-])c(=O)n2[C@@H]1c1ccc(OCC)cc1. The number of methoxy groups -OCH3 is 1. The second kappa shape index (κ2) is 13.6. The number of rotatable bonds is 11. The first-order valence-electron chi connectivity index (χ1n) is 14.2. The zero-order valence-electron chi connectivity index (χ0n) is 25.1. The highest BCUT2D eigenvalue weighted by atomic mass is 32.1. The van der Waals surface area contributed by atoms with Crippen LogP contribution < -0.4 is 29.1 Å². The first-order chi connectivity index (χ1) is 21.7. The lowest BCUT2D eigenvalue weighted by atomic mass is 9.96. The Bertz CT molecular complexity index is 1950. The third-order valence-corrected chi connectivity index (χ3v) is 8.04. The van der Waals surface area contributed by atoms with Crippen LogP contribution in [0.4, 0.5) is 5.69 Å². The number of carbonyl (C=O) groups is 1. The highest BCUT2D eigenvalue weighted by Crippen LogP contribution is 2.36. The van der Waals surface area contributed by atoms with Gasteiger partial charge in [-0.3, -0.25) is 19.5 Å². The van der Waals surface area contributed by atoms with Crippen LogP contribution in [-0.4, -0.2) is 35.8 Å². The number of thiazole rings is 1. The number of benzene rings is 3.